The van der Waals surface area contributed by atoms with Gasteiger partial charge in [-0.1, -0.05) is 5.92 Å². The van der Waals surface area contributed by atoms with Gasteiger partial charge in [-0.3, -0.25) is 4.79 Å². The topological polar surface area (TPSA) is 91.5 Å². The molecule has 1 fully saturated rings. The maximum Gasteiger partial charge on any atom is 0.253 e. The van der Waals surface area contributed by atoms with Crippen LogP contribution in [0.15, 0.2) is 53.6 Å². The molecule has 2 aromatic carbocycles. The quantitative estimate of drug-likeness (QED) is 0.564. The van der Waals surface area contributed by atoms with E-state index in [1.165, 1.54) is 17.7 Å². The molecule has 0 radical (unpaired) electrons. The van der Waals surface area contributed by atoms with Crippen molar-refractivity contribution in [3.63, 3.8) is 0 Å². The van der Waals surface area contributed by atoms with Crippen LogP contribution in [0.3, 0.4) is 0 Å². The van der Waals surface area contributed by atoms with Crippen LogP contribution in [-0.2, 0) is 10.0 Å². The van der Waals surface area contributed by atoms with Crippen LogP contribution in [-0.4, -0.2) is 51.0 Å². The Morgan fingerprint density at radius 2 is 1.94 bits per heavy atom. The zero-order valence-electron chi connectivity index (χ0n) is 17.8. The van der Waals surface area contributed by atoms with E-state index in [0.717, 1.165) is 29.5 Å². The fraction of sp³-hybridized carbons (Fsp3) is 0.292. The van der Waals surface area contributed by atoms with Gasteiger partial charge in [0.05, 0.1) is 18.6 Å². The lowest BCUT2D eigenvalue weighted by Gasteiger charge is -2.32. The molecule has 1 aromatic heterocycles. The fourth-order valence-corrected chi connectivity index (χ4v) is 5.09. The number of ether oxygens (including phenoxy) is 1. The molecule has 1 aliphatic rings. The van der Waals surface area contributed by atoms with Crippen molar-refractivity contribution in [2.45, 2.75) is 23.7 Å². The van der Waals surface area contributed by atoms with E-state index in [-0.39, 0.29) is 17.3 Å². The second-order valence-electron chi connectivity index (χ2n) is 7.78. The molecular formula is C24H25N3O4S. The summed E-state index contributed by atoms with van der Waals surface area (Å²) < 4.78 is 32.0. The van der Waals surface area contributed by atoms with Crippen LogP contribution in [0.5, 0.6) is 5.75 Å². The maximum absolute atomic E-state index is 12.9. The van der Waals surface area contributed by atoms with Crippen LogP contribution in [0.4, 0.5) is 0 Å². The summed E-state index contributed by atoms with van der Waals surface area (Å²) in [5.41, 5.74) is 2.79. The number of nitrogens with zero attached hydrogens (tertiary/aromatic N) is 1. The SMILES string of the molecule is C#CCNS(=O)(=O)c1ccc(C(=O)N2CCC(c3c[nH]c4ccc(OC)cc34)CC2)cc1. The van der Waals surface area contributed by atoms with Crippen molar-refractivity contribution in [2.75, 3.05) is 26.7 Å². The summed E-state index contributed by atoms with van der Waals surface area (Å²) in [4.78, 5) is 18.2. The summed E-state index contributed by atoms with van der Waals surface area (Å²) in [5, 5.41) is 1.16. The van der Waals surface area contributed by atoms with Crippen LogP contribution in [0.2, 0.25) is 0 Å². The average molecular weight is 452 g/mol. The number of nitrogens with one attached hydrogen (secondary N) is 2. The number of fused-ring (bicyclic) bond motifs is 1. The lowest BCUT2D eigenvalue weighted by molar-refractivity contribution is 0.0713. The zero-order chi connectivity index (χ0) is 22.7. The van der Waals surface area contributed by atoms with Gasteiger partial charge in [0.25, 0.3) is 5.91 Å². The molecule has 32 heavy (non-hydrogen) atoms. The van der Waals surface area contributed by atoms with Gasteiger partial charge < -0.3 is 14.6 Å². The molecule has 1 amide bonds. The molecule has 2 N–H and O–H groups in total. The van der Waals surface area contributed by atoms with Crippen LogP contribution < -0.4 is 9.46 Å². The van der Waals surface area contributed by atoms with Gasteiger partial charge in [0.1, 0.15) is 5.75 Å². The van der Waals surface area contributed by atoms with Gasteiger partial charge >= 0.3 is 0 Å². The number of hydrogen-bond donors (Lipinski definition) is 2. The highest BCUT2D eigenvalue weighted by atomic mass is 32.2. The van der Waals surface area contributed by atoms with Gasteiger partial charge in [-0.15, -0.1) is 6.42 Å². The van der Waals surface area contributed by atoms with Crippen LogP contribution >= 0.6 is 0 Å². The van der Waals surface area contributed by atoms with Crippen LogP contribution in [0, 0.1) is 12.3 Å². The third-order valence-corrected chi connectivity index (χ3v) is 7.34. The smallest absolute Gasteiger partial charge is 0.253 e. The predicted octanol–water partition coefficient (Wildman–Crippen LogP) is 3.11. The van der Waals surface area contributed by atoms with E-state index in [4.69, 9.17) is 11.2 Å². The van der Waals surface area contributed by atoms with Crippen LogP contribution in [0.1, 0.15) is 34.7 Å². The molecular weight excluding hydrogens is 426 g/mol. The highest BCUT2D eigenvalue weighted by molar-refractivity contribution is 7.89. The van der Waals surface area contributed by atoms with E-state index in [1.807, 2.05) is 23.1 Å². The maximum atomic E-state index is 12.9. The number of methoxy groups -OCH3 is 1. The van der Waals surface area contributed by atoms with E-state index in [9.17, 15) is 13.2 Å². The second kappa shape index (κ2) is 9.07. The lowest BCUT2D eigenvalue weighted by atomic mass is 9.89. The Kier molecular flexibility index (Phi) is 6.21. The van der Waals surface area contributed by atoms with Crippen molar-refractivity contribution in [3.8, 4) is 18.1 Å². The molecule has 8 heteroatoms. The average Bonchev–Trinajstić information content (AvgIpc) is 3.25. The van der Waals surface area contributed by atoms with Crippen molar-refractivity contribution >= 4 is 26.8 Å². The highest BCUT2D eigenvalue weighted by Crippen LogP contribution is 2.35. The fourth-order valence-electron chi connectivity index (χ4n) is 4.16. The minimum absolute atomic E-state index is 0.0813. The molecule has 0 saturated carbocycles. The molecule has 0 unspecified atom stereocenters. The molecule has 1 saturated heterocycles. The normalized spacial score (nSPS) is 14.9. The Hall–Kier alpha value is -3.28. The summed E-state index contributed by atoms with van der Waals surface area (Å²) in [7, 11) is -2.01. The van der Waals surface area contributed by atoms with Crippen LogP contribution in [0.25, 0.3) is 10.9 Å². The number of hydrogen-bond acceptors (Lipinski definition) is 4. The number of piperidine rings is 1. The molecule has 3 aromatic rings. The molecule has 2 heterocycles. The van der Waals surface area contributed by atoms with Gasteiger partial charge in [0, 0.05) is 35.8 Å². The number of sulfonamides is 1. The Bertz CT molecular complexity index is 1260. The van der Waals surface area contributed by atoms with E-state index in [1.54, 1.807) is 19.2 Å². The predicted molar refractivity (Wildman–Crippen MR) is 123 cm³/mol. The third-order valence-electron chi connectivity index (χ3n) is 5.92. The molecule has 7 nitrogen and oxygen atoms in total. The molecule has 4 rings (SSSR count). The highest BCUT2D eigenvalue weighted by Gasteiger charge is 2.26. The first-order chi connectivity index (χ1) is 15.4. The molecule has 166 valence electrons. The van der Waals surface area contributed by atoms with E-state index < -0.39 is 10.0 Å². The van der Waals surface area contributed by atoms with Crippen molar-refractivity contribution in [1.29, 1.82) is 0 Å². The lowest BCUT2D eigenvalue weighted by Crippen LogP contribution is -2.37. The molecule has 0 aliphatic carbocycles. The van der Waals surface area contributed by atoms with Crippen molar-refractivity contribution in [1.82, 2.24) is 14.6 Å². The number of rotatable bonds is 6. The largest absolute Gasteiger partial charge is 0.497 e. The number of carbonyl (C=O) groups is 1. The summed E-state index contributed by atoms with van der Waals surface area (Å²) in [5.74, 6) is 3.32. The van der Waals surface area contributed by atoms with E-state index >= 15 is 0 Å². The summed E-state index contributed by atoms with van der Waals surface area (Å²) in [6.07, 6.45) is 8.88. The van der Waals surface area contributed by atoms with Crippen molar-refractivity contribution < 1.29 is 17.9 Å². The summed E-state index contributed by atoms with van der Waals surface area (Å²) in [6, 6.07) is 12.0. The Morgan fingerprint density at radius 1 is 1.22 bits per heavy atom. The first kappa shape index (κ1) is 21.9. The number of benzene rings is 2. The molecule has 0 atom stereocenters. The van der Waals surface area contributed by atoms with Gasteiger partial charge in [-0.25, -0.2) is 8.42 Å². The number of terminal acetylenes is 1. The van der Waals surface area contributed by atoms with E-state index in [2.05, 4.69) is 21.8 Å². The molecule has 0 bridgehead atoms. The minimum Gasteiger partial charge on any atom is -0.497 e. The number of carbonyl (C=O) groups excluding carboxylic acids is 1. The van der Waals surface area contributed by atoms with Gasteiger partial charge in [-0.2, -0.15) is 4.72 Å². The first-order valence-electron chi connectivity index (χ1n) is 10.4. The number of aromatic nitrogens is 1. The summed E-state index contributed by atoms with van der Waals surface area (Å²) >= 11 is 0. The first-order valence-corrected chi connectivity index (χ1v) is 11.9. The number of amides is 1. The minimum atomic E-state index is -3.67. The van der Waals surface area contributed by atoms with Gasteiger partial charge in [0.15, 0.2) is 0 Å². The van der Waals surface area contributed by atoms with Crippen molar-refractivity contribution in [2.24, 2.45) is 0 Å². The number of likely N-dealkylation sites (tertiary alicyclic amines) is 1. The zero-order valence-corrected chi connectivity index (χ0v) is 18.6. The Morgan fingerprint density at radius 3 is 2.59 bits per heavy atom. The Balaban J connectivity index is 1.42. The standard InChI is InChI=1S/C24H25N3O4S/c1-3-12-26-32(29,30)20-7-4-18(5-8-20)24(28)27-13-10-17(11-14-27)22-16-25-23-9-6-19(31-2)15-21(22)23/h1,4-9,15-17,25-26H,10-14H2,2H3. The second-order valence-corrected chi connectivity index (χ2v) is 9.54. The summed E-state index contributed by atoms with van der Waals surface area (Å²) in [6.45, 7) is 1.20. The molecule has 0 spiro atoms. The monoisotopic (exact) mass is 451 g/mol. The number of H-pyrrole nitrogens is 1. The number of aromatic amines is 1. The van der Waals surface area contributed by atoms with Crippen molar-refractivity contribution in [3.05, 3.63) is 59.8 Å². The third kappa shape index (κ3) is 4.35. The Labute approximate surface area is 187 Å². The van der Waals surface area contributed by atoms with E-state index in [0.29, 0.717) is 24.6 Å². The van der Waals surface area contributed by atoms with Gasteiger partial charge in [0.2, 0.25) is 10.0 Å². The molecule has 1 aliphatic heterocycles. The van der Waals surface area contributed by atoms with Gasteiger partial charge in [-0.05, 0) is 66.8 Å².